The summed E-state index contributed by atoms with van der Waals surface area (Å²) < 4.78 is 0. The van der Waals surface area contributed by atoms with Crippen molar-refractivity contribution in [2.45, 2.75) is 19.3 Å². The fourth-order valence-corrected chi connectivity index (χ4v) is 2.95. The zero-order valence-electron chi connectivity index (χ0n) is 13.8. The minimum Gasteiger partial charge on any atom is -0.411 e. The van der Waals surface area contributed by atoms with Crippen LogP contribution in [0.1, 0.15) is 34.6 Å². The van der Waals surface area contributed by atoms with E-state index in [9.17, 15) is 5.21 Å². The quantitative estimate of drug-likeness (QED) is 0.382. The lowest BCUT2D eigenvalue weighted by Crippen LogP contribution is -2.10. The van der Waals surface area contributed by atoms with Crippen LogP contribution < -0.4 is 0 Å². The SMILES string of the molecule is Cc1ccc(/C(CC(c2ccccc2)c2ccccc2)=N/O)cc1. The number of nitrogens with zero attached hydrogens (tertiary/aromatic N) is 1. The molecule has 0 bridgehead atoms. The van der Waals surface area contributed by atoms with E-state index in [0.717, 1.165) is 5.56 Å². The molecule has 3 rings (SSSR count). The molecule has 0 atom stereocenters. The molecule has 0 fully saturated rings. The predicted octanol–water partition coefficient (Wildman–Crippen LogP) is 5.40. The highest BCUT2D eigenvalue weighted by atomic mass is 16.4. The van der Waals surface area contributed by atoms with Crippen molar-refractivity contribution < 1.29 is 5.21 Å². The largest absolute Gasteiger partial charge is 0.411 e. The van der Waals surface area contributed by atoms with Crippen LogP contribution in [0.5, 0.6) is 0 Å². The van der Waals surface area contributed by atoms with Crippen molar-refractivity contribution in [1.29, 1.82) is 0 Å². The summed E-state index contributed by atoms with van der Waals surface area (Å²) in [6.45, 7) is 2.05. The highest BCUT2D eigenvalue weighted by Crippen LogP contribution is 2.29. The summed E-state index contributed by atoms with van der Waals surface area (Å²) in [6, 6.07) is 28.8. The minimum absolute atomic E-state index is 0.152. The first-order valence-electron chi connectivity index (χ1n) is 8.16. The van der Waals surface area contributed by atoms with E-state index >= 15 is 0 Å². The molecule has 0 amide bonds. The van der Waals surface area contributed by atoms with Gasteiger partial charge in [0, 0.05) is 12.3 Å². The van der Waals surface area contributed by atoms with Gasteiger partial charge in [0.1, 0.15) is 0 Å². The number of oxime groups is 1. The first-order valence-corrected chi connectivity index (χ1v) is 8.16. The van der Waals surface area contributed by atoms with Gasteiger partial charge in [-0.25, -0.2) is 0 Å². The van der Waals surface area contributed by atoms with E-state index < -0.39 is 0 Å². The van der Waals surface area contributed by atoms with E-state index in [1.807, 2.05) is 60.7 Å². The highest BCUT2D eigenvalue weighted by molar-refractivity contribution is 6.00. The summed E-state index contributed by atoms with van der Waals surface area (Å²) in [5.41, 5.74) is 5.29. The summed E-state index contributed by atoms with van der Waals surface area (Å²) in [6.07, 6.45) is 0.646. The maximum atomic E-state index is 9.58. The molecule has 3 aromatic rings. The standard InChI is InChI=1S/C22H21NO/c1-17-12-14-20(15-13-17)22(23-24)16-21(18-8-4-2-5-9-18)19-10-6-3-7-11-19/h2-15,21,24H,16H2,1H3/b23-22+. The van der Waals surface area contributed by atoms with E-state index in [0.29, 0.717) is 12.1 Å². The summed E-state index contributed by atoms with van der Waals surface area (Å²) in [5, 5.41) is 13.2. The number of benzene rings is 3. The zero-order valence-corrected chi connectivity index (χ0v) is 13.8. The Balaban J connectivity index is 1.95. The van der Waals surface area contributed by atoms with Crippen molar-refractivity contribution >= 4 is 5.71 Å². The Bertz CT molecular complexity index is 753. The molecule has 0 unspecified atom stereocenters. The topological polar surface area (TPSA) is 32.6 Å². The third-order valence-electron chi connectivity index (χ3n) is 4.31. The summed E-state index contributed by atoms with van der Waals surface area (Å²) in [5.74, 6) is 0.152. The van der Waals surface area contributed by atoms with Crippen LogP contribution in [0.25, 0.3) is 0 Å². The molecule has 2 nitrogen and oxygen atoms in total. The van der Waals surface area contributed by atoms with Crippen molar-refractivity contribution in [1.82, 2.24) is 0 Å². The van der Waals surface area contributed by atoms with Crippen LogP contribution in [0.3, 0.4) is 0 Å². The van der Waals surface area contributed by atoms with Gasteiger partial charge in [-0.3, -0.25) is 0 Å². The maximum absolute atomic E-state index is 9.58. The van der Waals surface area contributed by atoms with Crippen LogP contribution in [-0.2, 0) is 0 Å². The second-order valence-corrected chi connectivity index (χ2v) is 5.99. The van der Waals surface area contributed by atoms with E-state index in [4.69, 9.17) is 0 Å². The molecule has 0 heterocycles. The molecule has 0 spiro atoms. The average Bonchev–Trinajstić information content (AvgIpc) is 2.65. The second-order valence-electron chi connectivity index (χ2n) is 5.99. The molecule has 0 saturated heterocycles. The molecule has 0 aliphatic heterocycles. The lowest BCUT2D eigenvalue weighted by atomic mass is 9.85. The molecule has 24 heavy (non-hydrogen) atoms. The Morgan fingerprint density at radius 1 is 0.792 bits per heavy atom. The van der Waals surface area contributed by atoms with Gasteiger partial charge in [-0.1, -0.05) is 95.6 Å². The molecule has 1 N–H and O–H groups in total. The summed E-state index contributed by atoms with van der Waals surface area (Å²) >= 11 is 0. The lowest BCUT2D eigenvalue weighted by Gasteiger charge is -2.19. The molecule has 2 heteroatoms. The van der Waals surface area contributed by atoms with Crippen molar-refractivity contribution in [3.05, 3.63) is 107 Å². The second kappa shape index (κ2) is 7.60. The van der Waals surface area contributed by atoms with Crippen molar-refractivity contribution in [3.8, 4) is 0 Å². The number of rotatable bonds is 5. The average molecular weight is 315 g/mol. The third-order valence-corrected chi connectivity index (χ3v) is 4.31. The van der Waals surface area contributed by atoms with Crippen LogP contribution in [0.2, 0.25) is 0 Å². The van der Waals surface area contributed by atoms with Crippen molar-refractivity contribution in [2.24, 2.45) is 5.16 Å². The van der Waals surface area contributed by atoms with E-state index in [1.165, 1.54) is 16.7 Å². The summed E-state index contributed by atoms with van der Waals surface area (Å²) in [7, 11) is 0. The Labute approximate surface area is 143 Å². The molecule has 0 saturated carbocycles. The molecule has 0 aromatic heterocycles. The number of hydrogen-bond acceptors (Lipinski definition) is 2. The minimum atomic E-state index is 0.152. The molecule has 120 valence electrons. The molecule has 3 aromatic carbocycles. The van der Waals surface area contributed by atoms with Crippen LogP contribution >= 0.6 is 0 Å². The Hall–Kier alpha value is -2.87. The molecule has 0 aliphatic rings. The van der Waals surface area contributed by atoms with E-state index in [1.54, 1.807) is 0 Å². The Morgan fingerprint density at radius 3 is 1.75 bits per heavy atom. The van der Waals surface area contributed by atoms with Crippen molar-refractivity contribution in [2.75, 3.05) is 0 Å². The molecular formula is C22H21NO. The van der Waals surface area contributed by atoms with Gasteiger partial charge in [0.2, 0.25) is 0 Å². The van der Waals surface area contributed by atoms with Gasteiger partial charge in [0.25, 0.3) is 0 Å². The fourth-order valence-electron chi connectivity index (χ4n) is 2.95. The van der Waals surface area contributed by atoms with Crippen LogP contribution in [0.15, 0.2) is 90.1 Å². The first-order chi connectivity index (χ1) is 11.8. The van der Waals surface area contributed by atoms with Gasteiger partial charge in [-0.2, -0.15) is 0 Å². The van der Waals surface area contributed by atoms with Gasteiger partial charge >= 0.3 is 0 Å². The van der Waals surface area contributed by atoms with Gasteiger partial charge in [0.05, 0.1) is 5.71 Å². The van der Waals surface area contributed by atoms with E-state index in [2.05, 4.69) is 36.3 Å². The molecule has 0 aliphatic carbocycles. The van der Waals surface area contributed by atoms with E-state index in [-0.39, 0.29) is 5.92 Å². The van der Waals surface area contributed by atoms with Gasteiger partial charge in [-0.05, 0) is 23.6 Å². The molecular weight excluding hydrogens is 294 g/mol. The van der Waals surface area contributed by atoms with Gasteiger partial charge in [0.15, 0.2) is 0 Å². The van der Waals surface area contributed by atoms with Gasteiger partial charge < -0.3 is 5.21 Å². The monoisotopic (exact) mass is 315 g/mol. The smallest absolute Gasteiger partial charge is 0.0877 e. The number of aryl methyl sites for hydroxylation is 1. The first kappa shape index (κ1) is 16.0. The Kier molecular flexibility index (Phi) is 5.07. The number of hydrogen-bond donors (Lipinski definition) is 1. The third kappa shape index (κ3) is 3.72. The fraction of sp³-hybridized carbons (Fsp3) is 0.136. The van der Waals surface area contributed by atoms with Crippen LogP contribution in [-0.4, -0.2) is 10.9 Å². The van der Waals surface area contributed by atoms with Crippen LogP contribution in [0.4, 0.5) is 0 Å². The van der Waals surface area contributed by atoms with Crippen LogP contribution in [0, 0.1) is 6.92 Å². The van der Waals surface area contributed by atoms with Gasteiger partial charge in [-0.15, -0.1) is 0 Å². The Morgan fingerprint density at radius 2 is 1.29 bits per heavy atom. The highest BCUT2D eigenvalue weighted by Gasteiger charge is 2.18. The molecule has 0 radical (unpaired) electrons. The maximum Gasteiger partial charge on any atom is 0.0877 e. The van der Waals surface area contributed by atoms with Crippen molar-refractivity contribution in [3.63, 3.8) is 0 Å². The lowest BCUT2D eigenvalue weighted by molar-refractivity contribution is 0.317. The zero-order chi connectivity index (χ0) is 16.8. The summed E-state index contributed by atoms with van der Waals surface area (Å²) in [4.78, 5) is 0. The predicted molar refractivity (Wildman–Crippen MR) is 98.8 cm³/mol. The normalized spacial score (nSPS) is 11.7.